The Balaban J connectivity index is 1.43. The summed E-state index contributed by atoms with van der Waals surface area (Å²) in [6, 6.07) is 51.3. The smallest absolute Gasteiger partial charge is 0.0972 e. The lowest BCUT2D eigenvalue weighted by molar-refractivity contribution is 1.29. The third kappa shape index (κ3) is 3.50. The summed E-state index contributed by atoms with van der Waals surface area (Å²) in [5.74, 6) is 0. The molecule has 0 saturated carbocycles. The molecule has 0 bridgehead atoms. The summed E-state index contributed by atoms with van der Waals surface area (Å²) >= 11 is 0. The summed E-state index contributed by atoms with van der Waals surface area (Å²) in [7, 11) is 0. The van der Waals surface area contributed by atoms with Crippen LogP contribution in [0.4, 0.5) is 0 Å². The number of hydrogen-bond donors (Lipinski definition) is 0. The molecule has 6 aromatic carbocycles. The van der Waals surface area contributed by atoms with Gasteiger partial charge in [-0.2, -0.15) is 0 Å². The fourth-order valence-electron chi connectivity index (χ4n) is 6.13. The van der Waals surface area contributed by atoms with Gasteiger partial charge in [0.25, 0.3) is 0 Å². The first kappa shape index (κ1) is 22.6. The number of aromatic nitrogens is 2. The number of pyridine rings is 2. The number of para-hydroxylation sites is 1. The van der Waals surface area contributed by atoms with Crippen LogP contribution in [0.1, 0.15) is 0 Å². The normalized spacial score (nSPS) is 11.5. The molecule has 8 aromatic rings. The molecule has 2 nitrogen and oxygen atoms in total. The van der Waals surface area contributed by atoms with E-state index in [1.54, 1.807) is 0 Å². The van der Waals surface area contributed by atoms with E-state index >= 15 is 0 Å². The van der Waals surface area contributed by atoms with E-state index in [2.05, 4.69) is 140 Å². The monoisotopic (exact) mass is 508 g/mol. The Morgan fingerprint density at radius 3 is 1.48 bits per heavy atom. The van der Waals surface area contributed by atoms with Crippen LogP contribution in [0, 0.1) is 0 Å². The lowest BCUT2D eigenvalue weighted by Crippen LogP contribution is -1.95. The quantitative estimate of drug-likeness (QED) is 0.175. The van der Waals surface area contributed by atoms with E-state index in [9.17, 15) is 0 Å². The molecule has 0 aliphatic heterocycles. The second kappa shape index (κ2) is 9.14. The molecule has 0 amide bonds. The molecule has 0 fully saturated rings. The average Bonchev–Trinajstić information content (AvgIpc) is 3.03. The molecule has 0 spiro atoms. The molecule has 2 heterocycles. The Hall–Kier alpha value is -5.34. The molecule has 0 atom stereocenters. The predicted octanol–water partition coefficient (Wildman–Crippen LogP) is 10.1. The van der Waals surface area contributed by atoms with Gasteiger partial charge in [-0.25, -0.2) is 9.97 Å². The summed E-state index contributed by atoms with van der Waals surface area (Å²) in [6.45, 7) is 0. The van der Waals surface area contributed by atoms with Gasteiger partial charge in [0.05, 0.1) is 22.6 Å². The standard InChI is InChI=1S/C38H24N2/c1-2-13-25(14-3-1)36-28-17-5-7-19-30(28)37(31-20-8-6-18-29(31)36)34-23-12-24-35(39-34)38-32-21-9-4-15-26(32)27-16-10-11-22-33(27)40-38/h1-24H. The van der Waals surface area contributed by atoms with Gasteiger partial charge in [0.15, 0.2) is 0 Å². The van der Waals surface area contributed by atoms with E-state index in [1.165, 1.54) is 38.1 Å². The summed E-state index contributed by atoms with van der Waals surface area (Å²) in [5.41, 5.74) is 7.34. The first-order valence-corrected chi connectivity index (χ1v) is 13.6. The molecular weight excluding hydrogens is 484 g/mol. The van der Waals surface area contributed by atoms with Gasteiger partial charge in [-0.1, -0.05) is 127 Å². The summed E-state index contributed by atoms with van der Waals surface area (Å²) in [5, 5.41) is 8.31. The maximum atomic E-state index is 5.31. The van der Waals surface area contributed by atoms with E-state index in [-0.39, 0.29) is 0 Å². The molecule has 0 N–H and O–H groups in total. The van der Waals surface area contributed by atoms with E-state index in [0.717, 1.165) is 38.9 Å². The fourth-order valence-corrected chi connectivity index (χ4v) is 6.13. The van der Waals surface area contributed by atoms with Crippen LogP contribution < -0.4 is 0 Å². The van der Waals surface area contributed by atoms with Gasteiger partial charge in [-0.05, 0) is 56.3 Å². The molecule has 0 aliphatic carbocycles. The summed E-state index contributed by atoms with van der Waals surface area (Å²) in [4.78, 5) is 10.4. The maximum Gasteiger partial charge on any atom is 0.0972 e. The molecule has 0 radical (unpaired) electrons. The van der Waals surface area contributed by atoms with Crippen LogP contribution in [0.25, 0.3) is 77.0 Å². The Labute approximate surface area is 232 Å². The molecular formula is C38H24N2. The third-order valence-corrected chi connectivity index (χ3v) is 7.85. The van der Waals surface area contributed by atoms with Crippen LogP contribution in [0.5, 0.6) is 0 Å². The van der Waals surface area contributed by atoms with Gasteiger partial charge in [0.2, 0.25) is 0 Å². The zero-order valence-corrected chi connectivity index (χ0v) is 21.8. The first-order valence-electron chi connectivity index (χ1n) is 13.6. The Morgan fingerprint density at radius 2 is 0.800 bits per heavy atom. The minimum Gasteiger partial charge on any atom is -0.246 e. The van der Waals surface area contributed by atoms with Crippen molar-refractivity contribution >= 4 is 43.2 Å². The molecule has 186 valence electrons. The van der Waals surface area contributed by atoms with Crippen molar-refractivity contribution in [3.8, 4) is 33.8 Å². The summed E-state index contributed by atoms with van der Waals surface area (Å²) < 4.78 is 0. The highest BCUT2D eigenvalue weighted by atomic mass is 14.8. The number of rotatable bonds is 3. The largest absolute Gasteiger partial charge is 0.246 e. The van der Waals surface area contributed by atoms with Crippen molar-refractivity contribution in [2.45, 2.75) is 0 Å². The minimum atomic E-state index is 0.875. The zero-order chi connectivity index (χ0) is 26.5. The van der Waals surface area contributed by atoms with Crippen molar-refractivity contribution < 1.29 is 0 Å². The zero-order valence-electron chi connectivity index (χ0n) is 21.8. The molecule has 0 unspecified atom stereocenters. The van der Waals surface area contributed by atoms with Crippen molar-refractivity contribution in [1.29, 1.82) is 0 Å². The summed E-state index contributed by atoms with van der Waals surface area (Å²) in [6.07, 6.45) is 0. The lowest BCUT2D eigenvalue weighted by Gasteiger charge is -2.17. The molecule has 0 saturated heterocycles. The average molecular weight is 509 g/mol. The van der Waals surface area contributed by atoms with Crippen LogP contribution in [-0.2, 0) is 0 Å². The van der Waals surface area contributed by atoms with Crippen LogP contribution in [0.2, 0.25) is 0 Å². The highest BCUT2D eigenvalue weighted by molar-refractivity contribution is 6.21. The second-order valence-corrected chi connectivity index (χ2v) is 10.1. The first-order chi connectivity index (χ1) is 19.9. The Morgan fingerprint density at radius 1 is 0.300 bits per heavy atom. The highest BCUT2D eigenvalue weighted by Gasteiger charge is 2.18. The van der Waals surface area contributed by atoms with Crippen LogP contribution in [0.15, 0.2) is 146 Å². The SMILES string of the molecule is c1ccc(-c2c3ccccc3c(-c3cccc(-c4nc5ccccc5c5ccccc45)n3)c3ccccc23)cc1. The van der Waals surface area contributed by atoms with E-state index in [0.29, 0.717) is 0 Å². The van der Waals surface area contributed by atoms with Crippen molar-refractivity contribution in [3.63, 3.8) is 0 Å². The molecule has 2 heteroatoms. The lowest BCUT2D eigenvalue weighted by atomic mass is 9.87. The van der Waals surface area contributed by atoms with Crippen LogP contribution in [-0.4, -0.2) is 9.97 Å². The molecule has 40 heavy (non-hydrogen) atoms. The van der Waals surface area contributed by atoms with Gasteiger partial charge >= 0.3 is 0 Å². The number of hydrogen-bond acceptors (Lipinski definition) is 2. The molecule has 8 rings (SSSR count). The van der Waals surface area contributed by atoms with Crippen LogP contribution in [0.3, 0.4) is 0 Å². The van der Waals surface area contributed by atoms with Gasteiger partial charge in [-0.3, -0.25) is 0 Å². The number of benzene rings is 6. The van der Waals surface area contributed by atoms with Crippen molar-refractivity contribution in [1.82, 2.24) is 9.97 Å². The topological polar surface area (TPSA) is 25.8 Å². The predicted molar refractivity (Wildman–Crippen MR) is 168 cm³/mol. The second-order valence-electron chi connectivity index (χ2n) is 10.1. The number of nitrogens with zero attached hydrogens (tertiary/aromatic N) is 2. The van der Waals surface area contributed by atoms with E-state index < -0.39 is 0 Å². The fraction of sp³-hybridized carbons (Fsp3) is 0. The minimum absolute atomic E-state index is 0.875. The maximum absolute atomic E-state index is 5.31. The van der Waals surface area contributed by atoms with Crippen molar-refractivity contribution in [3.05, 3.63) is 146 Å². The van der Waals surface area contributed by atoms with E-state index in [4.69, 9.17) is 9.97 Å². The van der Waals surface area contributed by atoms with Gasteiger partial charge in [0, 0.05) is 16.3 Å². The van der Waals surface area contributed by atoms with Crippen molar-refractivity contribution in [2.75, 3.05) is 0 Å². The van der Waals surface area contributed by atoms with Gasteiger partial charge in [-0.15, -0.1) is 0 Å². The van der Waals surface area contributed by atoms with Crippen molar-refractivity contribution in [2.24, 2.45) is 0 Å². The van der Waals surface area contributed by atoms with Gasteiger partial charge < -0.3 is 0 Å². The van der Waals surface area contributed by atoms with Crippen LogP contribution >= 0.6 is 0 Å². The highest BCUT2D eigenvalue weighted by Crippen LogP contribution is 2.43. The Bertz CT molecular complexity index is 2160. The molecule has 0 aliphatic rings. The molecule has 2 aromatic heterocycles. The van der Waals surface area contributed by atoms with E-state index in [1.807, 2.05) is 6.07 Å². The Kier molecular flexibility index (Phi) is 5.17. The van der Waals surface area contributed by atoms with Gasteiger partial charge in [0.1, 0.15) is 0 Å². The third-order valence-electron chi connectivity index (χ3n) is 7.85. The number of fused-ring (bicyclic) bond motifs is 5.